The minimum Gasteiger partial charge on any atom is -0.487 e. The summed E-state index contributed by atoms with van der Waals surface area (Å²) in [6.07, 6.45) is 3.60. The molecule has 188 valence electrons. The van der Waals surface area contributed by atoms with Gasteiger partial charge in [0.2, 0.25) is 17.4 Å². The Labute approximate surface area is 212 Å². The molecule has 3 heterocycles. The van der Waals surface area contributed by atoms with Crippen LogP contribution in [-0.2, 0) is 4.79 Å². The number of halogens is 1. The molecule has 1 saturated heterocycles. The van der Waals surface area contributed by atoms with Crippen LogP contribution in [0.2, 0.25) is 0 Å². The Balaban J connectivity index is 1.48. The molecule has 0 aliphatic carbocycles. The topological polar surface area (TPSA) is 112 Å². The van der Waals surface area contributed by atoms with Gasteiger partial charge in [0, 0.05) is 30.4 Å². The van der Waals surface area contributed by atoms with E-state index < -0.39 is 5.82 Å². The molecule has 5 rings (SSSR count). The Morgan fingerprint density at radius 1 is 1.27 bits per heavy atom. The third-order valence-electron chi connectivity index (χ3n) is 6.03. The van der Waals surface area contributed by atoms with Crippen molar-refractivity contribution in [2.75, 3.05) is 30.8 Å². The Kier molecular flexibility index (Phi) is 6.65. The lowest BCUT2D eigenvalue weighted by atomic mass is 10.1. The molecule has 4 aromatic rings. The summed E-state index contributed by atoms with van der Waals surface area (Å²) in [7, 11) is 2.04. The smallest absolute Gasteiger partial charge is 0.249 e. The van der Waals surface area contributed by atoms with Gasteiger partial charge in [-0.25, -0.2) is 14.4 Å². The fraction of sp³-hybridized carbons (Fsp3) is 0.185. The van der Waals surface area contributed by atoms with Crippen molar-refractivity contribution in [1.29, 1.82) is 0 Å². The van der Waals surface area contributed by atoms with Crippen molar-refractivity contribution >= 4 is 34.3 Å². The first kappa shape index (κ1) is 24.1. The Morgan fingerprint density at radius 3 is 2.89 bits per heavy atom. The molecular weight excluding hydrogens is 475 g/mol. The van der Waals surface area contributed by atoms with Crippen molar-refractivity contribution in [2.45, 2.75) is 12.5 Å². The number of carbonyl (C=O) groups excluding carboxylic acids is 1. The van der Waals surface area contributed by atoms with E-state index >= 15 is 0 Å². The van der Waals surface area contributed by atoms with E-state index in [1.807, 2.05) is 7.05 Å². The number of pyridine rings is 1. The summed E-state index contributed by atoms with van der Waals surface area (Å²) >= 11 is 0. The van der Waals surface area contributed by atoms with Crippen LogP contribution < -0.4 is 20.9 Å². The van der Waals surface area contributed by atoms with E-state index in [2.05, 4.69) is 37.1 Å². The van der Waals surface area contributed by atoms with E-state index in [1.165, 1.54) is 30.5 Å². The number of rotatable bonds is 7. The largest absolute Gasteiger partial charge is 0.487 e. The van der Waals surface area contributed by atoms with Gasteiger partial charge in [-0.1, -0.05) is 18.7 Å². The summed E-state index contributed by atoms with van der Waals surface area (Å²) in [5, 5.41) is 5.92. The number of carbonyl (C=O) groups is 1. The van der Waals surface area contributed by atoms with Gasteiger partial charge >= 0.3 is 0 Å². The molecule has 1 aliphatic heterocycles. The van der Waals surface area contributed by atoms with Crippen LogP contribution in [0.5, 0.6) is 5.75 Å². The number of aromatic nitrogens is 3. The van der Waals surface area contributed by atoms with Crippen molar-refractivity contribution in [3.05, 3.63) is 83.6 Å². The summed E-state index contributed by atoms with van der Waals surface area (Å²) in [5.41, 5.74) is 2.61. The fourth-order valence-corrected chi connectivity index (χ4v) is 4.27. The molecular formula is C27H25FN6O3. The zero-order valence-corrected chi connectivity index (χ0v) is 20.1. The molecule has 37 heavy (non-hydrogen) atoms. The molecule has 1 unspecified atom stereocenters. The third-order valence-corrected chi connectivity index (χ3v) is 6.03. The van der Waals surface area contributed by atoms with Crippen LogP contribution in [0.25, 0.3) is 22.2 Å². The quantitative estimate of drug-likeness (QED) is 0.328. The van der Waals surface area contributed by atoms with E-state index in [-0.39, 0.29) is 23.5 Å². The van der Waals surface area contributed by atoms with Gasteiger partial charge in [-0.3, -0.25) is 9.59 Å². The van der Waals surface area contributed by atoms with Gasteiger partial charge in [0.1, 0.15) is 23.2 Å². The molecule has 2 aromatic heterocycles. The van der Waals surface area contributed by atoms with Crippen LogP contribution >= 0.6 is 0 Å². The highest BCUT2D eigenvalue weighted by Crippen LogP contribution is 2.32. The molecule has 1 amide bonds. The lowest BCUT2D eigenvalue weighted by molar-refractivity contribution is -0.111. The summed E-state index contributed by atoms with van der Waals surface area (Å²) in [4.78, 5) is 38.0. The number of amides is 1. The monoisotopic (exact) mass is 500 g/mol. The van der Waals surface area contributed by atoms with E-state index in [0.717, 1.165) is 19.5 Å². The number of anilines is 3. The normalized spacial score (nSPS) is 15.5. The highest BCUT2D eigenvalue weighted by Gasteiger charge is 2.22. The van der Waals surface area contributed by atoms with Gasteiger partial charge in [-0.2, -0.15) is 0 Å². The number of benzene rings is 2. The van der Waals surface area contributed by atoms with Crippen molar-refractivity contribution in [2.24, 2.45) is 0 Å². The number of aromatic amines is 1. The number of H-pyrrole nitrogens is 1. The number of nitrogens with zero attached hydrogens (tertiary/aromatic N) is 3. The van der Waals surface area contributed by atoms with Gasteiger partial charge in [0.05, 0.1) is 17.4 Å². The number of likely N-dealkylation sites (N-methyl/N-ethyl adjacent to an activating group) is 1. The first-order valence-electron chi connectivity index (χ1n) is 11.7. The summed E-state index contributed by atoms with van der Waals surface area (Å²) in [6, 6.07) is 12.6. The average molecular weight is 501 g/mol. The van der Waals surface area contributed by atoms with Crippen molar-refractivity contribution in [3.63, 3.8) is 0 Å². The Hall–Kier alpha value is -4.57. The highest BCUT2D eigenvalue weighted by molar-refractivity contribution is 6.00. The van der Waals surface area contributed by atoms with Crippen molar-refractivity contribution in [1.82, 2.24) is 19.9 Å². The third kappa shape index (κ3) is 5.49. The fourth-order valence-electron chi connectivity index (χ4n) is 4.27. The SMILES string of the molecule is C=CC(=O)Nc1cc(Nc2ncc3[nH]c(=O)cc(-c4cccc(F)c4)c3n2)ccc1OC1CCN(C)C1. The first-order chi connectivity index (χ1) is 17.9. The lowest BCUT2D eigenvalue weighted by Crippen LogP contribution is -2.22. The minimum absolute atomic E-state index is 0.0235. The maximum absolute atomic E-state index is 13.9. The molecule has 2 aromatic carbocycles. The van der Waals surface area contributed by atoms with Gasteiger partial charge < -0.3 is 25.3 Å². The predicted octanol–water partition coefficient (Wildman–Crippen LogP) is 4.08. The van der Waals surface area contributed by atoms with Gasteiger partial charge in [0.25, 0.3) is 0 Å². The summed E-state index contributed by atoms with van der Waals surface area (Å²) in [5.74, 6) is 0.0194. The molecule has 3 N–H and O–H groups in total. The molecule has 1 aliphatic rings. The second-order valence-electron chi connectivity index (χ2n) is 8.83. The number of likely N-dealkylation sites (tertiary alicyclic amines) is 1. The molecule has 1 fully saturated rings. The molecule has 0 bridgehead atoms. The second kappa shape index (κ2) is 10.2. The van der Waals surface area contributed by atoms with Crippen molar-refractivity contribution < 1.29 is 13.9 Å². The predicted molar refractivity (Wildman–Crippen MR) is 141 cm³/mol. The molecule has 1 atom stereocenters. The minimum atomic E-state index is -0.418. The Bertz CT molecular complexity index is 1550. The van der Waals surface area contributed by atoms with E-state index in [0.29, 0.717) is 39.3 Å². The molecule has 0 saturated carbocycles. The maximum Gasteiger partial charge on any atom is 0.249 e. The van der Waals surface area contributed by atoms with Crippen LogP contribution in [-0.4, -0.2) is 52.0 Å². The molecule has 9 nitrogen and oxygen atoms in total. The van der Waals surface area contributed by atoms with Gasteiger partial charge in [-0.15, -0.1) is 0 Å². The zero-order valence-electron chi connectivity index (χ0n) is 20.1. The van der Waals surface area contributed by atoms with E-state index in [1.54, 1.807) is 30.3 Å². The standard InChI is InChI=1S/C27H25FN6O3/c1-3-24(35)31-21-12-18(7-8-23(21)37-19-9-10-34(2)15-19)30-27-29-14-22-26(33-27)20(13-25(36)32-22)16-5-4-6-17(28)11-16/h3-8,11-14,19H,1,9-10,15H2,2H3,(H,31,35)(H,32,36)(H,29,30,33). The summed E-state index contributed by atoms with van der Waals surface area (Å²) < 4.78 is 20.0. The highest BCUT2D eigenvalue weighted by atomic mass is 19.1. The first-order valence-corrected chi connectivity index (χ1v) is 11.7. The number of fused-ring (bicyclic) bond motifs is 1. The van der Waals surface area contributed by atoms with Crippen LogP contribution in [0.3, 0.4) is 0 Å². The summed E-state index contributed by atoms with van der Waals surface area (Å²) in [6.45, 7) is 5.27. The molecule has 10 heteroatoms. The van der Waals surface area contributed by atoms with E-state index in [4.69, 9.17) is 4.74 Å². The van der Waals surface area contributed by atoms with Gasteiger partial charge in [-0.05, 0) is 55.4 Å². The van der Waals surface area contributed by atoms with Crippen LogP contribution in [0.15, 0.2) is 72.2 Å². The van der Waals surface area contributed by atoms with Crippen LogP contribution in [0.1, 0.15) is 6.42 Å². The molecule has 0 spiro atoms. The number of ether oxygens (including phenoxy) is 1. The van der Waals surface area contributed by atoms with Crippen LogP contribution in [0.4, 0.5) is 21.7 Å². The number of hydrogen-bond acceptors (Lipinski definition) is 7. The zero-order chi connectivity index (χ0) is 25.9. The number of hydrogen-bond donors (Lipinski definition) is 3. The average Bonchev–Trinajstić information content (AvgIpc) is 3.29. The van der Waals surface area contributed by atoms with E-state index in [9.17, 15) is 14.0 Å². The Morgan fingerprint density at radius 2 is 2.14 bits per heavy atom. The van der Waals surface area contributed by atoms with Crippen LogP contribution in [0, 0.1) is 5.82 Å². The van der Waals surface area contributed by atoms with Crippen molar-refractivity contribution in [3.8, 4) is 16.9 Å². The maximum atomic E-state index is 13.9. The van der Waals surface area contributed by atoms with Gasteiger partial charge in [0.15, 0.2) is 0 Å². The number of nitrogens with one attached hydrogen (secondary N) is 3. The second-order valence-corrected chi connectivity index (χ2v) is 8.83. The lowest BCUT2D eigenvalue weighted by Gasteiger charge is -2.18. The molecule has 0 radical (unpaired) electrons.